The van der Waals surface area contributed by atoms with Crippen molar-refractivity contribution in [3.63, 3.8) is 0 Å². The molecule has 0 spiro atoms. The molecule has 0 bridgehead atoms. The molecule has 1 atom stereocenters. The third-order valence-electron chi connectivity index (χ3n) is 2.70. The molecule has 0 aromatic carbocycles. The van der Waals surface area contributed by atoms with Crippen molar-refractivity contribution in [1.29, 1.82) is 0 Å². The minimum Gasteiger partial charge on any atom is -0.352 e. The Labute approximate surface area is 124 Å². The van der Waals surface area contributed by atoms with Gasteiger partial charge in [0.25, 0.3) is 0 Å². The van der Waals surface area contributed by atoms with Crippen molar-refractivity contribution in [3.05, 3.63) is 0 Å². The summed E-state index contributed by atoms with van der Waals surface area (Å²) in [6.07, 6.45) is -6.44. The van der Waals surface area contributed by atoms with Crippen molar-refractivity contribution < 1.29 is 43.9 Å². The fraction of sp³-hybridized carbons (Fsp3) is 0.889. The van der Waals surface area contributed by atoms with Crippen LogP contribution in [0.3, 0.4) is 0 Å². The Morgan fingerprint density at radius 1 is 1.14 bits per heavy atom. The average molecular weight is 377 g/mol. The van der Waals surface area contributed by atoms with Gasteiger partial charge >= 0.3 is 17.4 Å². The summed E-state index contributed by atoms with van der Waals surface area (Å²) < 4.78 is 109. The van der Waals surface area contributed by atoms with E-state index >= 15 is 0 Å². The molecule has 1 heterocycles. The van der Waals surface area contributed by atoms with E-state index in [-0.39, 0.29) is 12.2 Å². The Bertz CT molecular complexity index is 532. The maximum Gasteiger partial charge on any atom is 0.460 e. The van der Waals surface area contributed by atoms with Crippen LogP contribution < -0.4 is 5.32 Å². The predicted molar refractivity (Wildman–Crippen MR) is 63.6 cm³/mol. The van der Waals surface area contributed by atoms with Crippen LogP contribution in [0, 0.1) is 0 Å². The SMILES string of the molecule is O=C(CSC(F)(F)C(F)(F)C(F)(F)F)NC1CCS(=O)(=O)C1. The number of carbonyl (C=O) groups excluding carboxylic acids is 1. The number of alkyl halides is 7. The normalized spacial score (nSPS) is 22.6. The maximum absolute atomic E-state index is 12.9. The first kappa shape index (κ1) is 19.3. The van der Waals surface area contributed by atoms with E-state index in [0.717, 1.165) is 0 Å². The highest BCUT2D eigenvalue weighted by atomic mass is 32.2. The predicted octanol–water partition coefficient (Wildman–Crippen LogP) is 1.81. The number of thioether (sulfide) groups is 1. The third-order valence-corrected chi connectivity index (χ3v) is 5.50. The fourth-order valence-corrected chi connectivity index (χ4v) is 3.96. The molecule has 0 saturated carbocycles. The number of sulfone groups is 1. The summed E-state index contributed by atoms with van der Waals surface area (Å²) in [4.78, 5) is 11.2. The molecule has 1 aliphatic rings. The first-order valence-corrected chi connectivity index (χ1v) is 8.45. The molecule has 130 valence electrons. The van der Waals surface area contributed by atoms with Gasteiger partial charge in [0.1, 0.15) is 0 Å². The second-order valence-corrected chi connectivity index (χ2v) is 7.86. The summed E-state index contributed by atoms with van der Waals surface area (Å²) in [5, 5.41) is -3.52. The van der Waals surface area contributed by atoms with E-state index < -0.39 is 62.4 Å². The zero-order chi connectivity index (χ0) is 17.4. The van der Waals surface area contributed by atoms with E-state index in [1.807, 2.05) is 5.32 Å². The second-order valence-electron chi connectivity index (χ2n) is 4.55. The van der Waals surface area contributed by atoms with Crippen molar-refractivity contribution in [2.75, 3.05) is 17.3 Å². The number of rotatable bonds is 5. The van der Waals surface area contributed by atoms with Gasteiger partial charge in [-0.1, -0.05) is 11.8 Å². The molecule has 13 heteroatoms. The molecule has 1 saturated heterocycles. The first-order valence-electron chi connectivity index (χ1n) is 5.64. The topological polar surface area (TPSA) is 63.2 Å². The van der Waals surface area contributed by atoms with Gasteiger partial charge < -0.3 is 5.32 Å². The Morgan fingerprint density at radius 2 is 1.68 bits per heavy atom. The molecule has 4 nitrogen and oxygen atoms in total. The Hall–Kier alpha value is -0.720. The molecule has 0 radical (unpaired) electrons. The van der Waals surface area contributed by atoms with Crippen molar-refractivity contribution in [3.8, 4) is 0 Å². The van der Waals surface area contributed by atoms with E-state index in [9.17, 15) is 43.9 Å². The lowest BCUT2D eigenvalue weighted by molar-refractivity contribution is -0.330. The van der Waals surface area contributed by atoms with Gasteiger partial charge in [-0.15, -0.1) is 0 Å². The number of amides is 1. The van der Waals surface area contributed by atoms with Crippen LogP contribution in [0.2, 0.25) is 0 Å². The van der Waals surface area contributed by atoms with Gasteiger partial charge in [0.2, 0.25) is 5.91 Å². The van der Waals surface area contributed by atoms with Gasteiger partial charge in [-0.25, -0.2) is 8.42 Å². The molecule has 0 aliphatic carbocycles. The Morgan fingerprint density at radius 3 is 2.09 bits per heavy atom. The molecule has 1 N–H and O–H groups in total. The molecule has 1 unspecified atom stereocenters. The zero-order valence-corrected chi connectivity index (χ0v) is 12.2. The maximum atomic E-state index is 12.9. The fourth-order valence-electron chi connectivity index (χ4n) is 1.59. The largest absolute Gasteiger partial charge is 0.460 e. The highest BCUT2D eigenvalue weighted by Gasteiger charge is 2.73. The van der Waals surface area contributed by atoms with Crippen LogP contribution in [0.15, 0.2) is 0 Å². The van der Waals surface area contributed by atoms with E-state index in [2.05, 4.69) is 0 Å². The lowest BCUT2D eigenvalue weighted by Gasteiger charge is -2.27. The standard InChI is InChI=1S/C9H10F7NO3S2/c10-7(11,8(12,13)14)9(15,16)21-3-6(18)17-5-1-2-22(19,20)4-5/h5H,1-4H2,(H,17,18). The minimum atomic E-state index is -6.46. The molecule has 0 aromatic heterocycles. The van der Waals surface area contributed by atoms with Crippen LogP contribution in [-0.4, -0.2) is 55.0 Å². The number of hydrogen-bond acceptors (Lipinski definition) is 4. The summed E-state index contributed by atoms with van der Waals surface area (Å²) in [5.41, 5.74) is 0. The van der Waals surface area contributed by atoms with Gasteiger partial charge in [0.15, 0.2) is 9.84 Å². The van der Waals surface area contributed by atoms with Crippen LogP contribution in [0.1, 0.15) is 6.42 Å². The molecular formula is C9H10F7NO3S2. The number of halogens is 7. The van der Waals surface area contributed by atoms with Gasteiger partial charge in [0.05, 0.1) is 17.3 Å². The quantitative estimate of drug-likeness (QED) is 0.743. The number of hydrogen-bond donors (Lipinski definition) is 1. The van der Waals surface area contributed by atoms with Crippen LogP contribution in [0.25, 0.3) is 0 Å². The molecule has 1 amide bonds. The molecule has 1 rings (SSSR count). The summed E-state index contributed by atoms with van der Waals surface area (Å²) in [6, 6.07) is -0.866. The van der Waals surface area contributed by atoms with Gasteiger partial charge in [-0.3, -0.25) is 4.79 Å². The molecular weight excluding hydrogens is 367 g/mol. The number of carbonyl (C=O) groups is 1. The Balaban J connectivity index is 2.56. The van der Waals surface area contributed by atoms with Crippen molar-refractivity contribution in [2.24, 2.45) is 0 Å². The van der Waals surface area contributed by atoms with E-state index in [0.29, 0.717) is 0 Å². The first-order chi connectivity index (χ1) is 9.68. The molecule has 22 heavy (non-hydrogen) atoms. The lowest BCUT2D eigenvalue weighted by atomic mass is 10.3. The van der Waals surface area contributed by atoms with Crippen LogP contribution in [-0.2, 0) is 14.6 Å². The summed E-state index contributed by atoms with van der Waals surface area (Å²) in [6.45, 7) is 0. The van der Waals surface area contributed by atoms with E-state index in [4.69, 9.17) is 0 Å². The second kappa shape index (κ2) is 6.06. The molecule has 1 fully saturated rings. The van der Waals surface area contributed by atoms with Gasteiger partial charge in [0, 0.05) is 6.04 Å². The summed E-state index contributed by atoms with van der Waals surface area (Å²) in [7, 11) is -3.37. The van der Waals surface area contributed by atoms with Crippen molar-refractivity contribution in [2.45, 2.75) is 29.8 Å². The summed E-state index contributed by atoms with van der Waals surface area (Å²) in [5.74, 6) is -9.56. The minimum absolute atomic E-state index is 0.0217. The average Bonchev–Trinajstić information content (AvgIpc) is 2.64. The van der Waals surface area contributed by atoms with E-state index in [1.165, 1.54) is 0 Å². The zero-order valence-electron chi connectivity index (χ0n) is 10.6. The highest BCUT2D eigenvalue weighted by Crippen LogP contribution is 2.51. The smallest absolute Gasteiger partial charge is 0.352 e. The third kappa shape index (κ3) is 4.40. The number of nitrogens with one attached hydrogen (secondary N) is 1. The summed E-state index contributed by atoms with van der Waals surface area (Å²) >= 11 is -1.16. The van der Waals surface area contributed by atoms with Crippen molar-refractivity contribution >= 4 is 27.5 Å². The lowest BCUT2D eigenvalue weighted by Crippen LogP contribution is -2.50. The Kier molecular flexibility index (Phi) is 5.32. The highest BCUT2D eigenvalue weighted by molar-refractivity contribution is 8.01. The molecule has 1 aliphatic heterocycles. The van der Waals surface area contributed by atoms with Crippen LogP contribution in [0.5, 0.6) is 0 Å². The van der Waals surface area contributed by atoms with Crippen LogP contribution >= 0.6 is 11.8 Å². The van der Waals surface area contributed by atoms with E-state index in [1.54, 1.807) is 0 Å². The monoisotopic (exact) mass is 377 g/mol. The van der Waals surface area contributed by atoms with Gasteiger partial charge in [-0.05, 0) is 6.42 Å². The van der Waals surface area contributed by atoms with Gasteiger partial charge in [-0.2, -0.15) is 30.7 Å². The molecule has 0 aromatic rings. The van der Waals surface area contributed by atoms with Crippen LogP contribution in [0.4, 0.5) is 30.7 Å². The van der Waals surface area contributed by atoms with Crippen molar-refractivity contribution in [1.82, 2.24) is 5.32 Å².